The molecule has 102 valence electrons. The number of amides is 1. The molecule has 1 fully saturated rings. The van der Waals surface area contributed by atoms with E-state index in [1.165, 1.54) is 16.9 Å². The van der Waals surface area contributed by atoms with Crippen LogP contribution in [0.5, 0.6) is 0 Å². The van der Waals surface area contributed by atoms with Crippen molar-refractivity contribution in [1.82, 2.24) is 4.90 Å². The van der Waals surface area contributed by atoms with Gasteiger partial charge in [-0.25, -0.2) is 0 Å². The van der Waals surface area contributed by atoms with E-state index in [4.69, 9.17) is 0 Å². The van der Waals surface area contributed by atoms with Crippen molar-refractivity contribution in [3.63, 3.8) is 0 Å². The lowest BCUT2D eigenvalue weighted by atomic mass is 9.89. The molecular weight excluding hydrogens is 258 g/mol. The van der Waals surface area contributed by atoms with Crippen LogP contribution in [-0.2, 0) is 4.79 Å². The Bertz CT molecular complexity index is 473. The van der Waals surface area contributed by atoms with Crippen molar-refractivity contribution in [1.29, 1.82) is 0 Å². The number of fused-ring (bicyclic) bond motifs is 1. The molecule has 0 spiro atoms. The zero-order valence-corrected chi connectivity index (χ0v) is 11.7. The minimum atomic E-state index is -0.0200. The summed E-state index contributed by atoms with van der Waals surface area (Å²) < 4.78 is 0. The minimum Gasteiger partial charge on any atom is -0.395 e. The highest BCUT2D eigenvalue weighted by atomic mass is 32.2. The fraction of sp³-hybridized carbons (Fsp3) is 0.533. The average molecular weight is 277 g/mol. The van der Waals surface area contributed by atoms with Gasteiger partial charge in [0.25, 0.3) is 0 Å². The largest absolute Gasteiger partial charge is 0.395 e. The third-order valence-corrected chi connectivity index (χ3v) is 5.32. The Morgan fingerprint density at radius 2 is 2.16 bits per heavy atom. The summed E-state index contributed by atoms with van der Waals surface area (Å²) in [5.74, 6) is 1.02. The van der Waals surface area contributed by atoms with Crippen molar-refractivity contribution >= 4 is 17.7 Å². The second kappa shape index (κ2) is 5.55. The number of benzene rings is 1. The lowest BCUT2D eigenvalue weighted by molar-refractivity contribution is -0.137. The van der Waals surface area contributed by atoms with E-state index in [9.17, 15) is 9.90 Å². The van der Waals surface area contributed by atoms with Crippen LogP contribution in [0.4, 0.5) is 0 Å². The van der Waals surface area contributed by atoms with Gasteiger partial charge in [0, 0.05) is 23.2 Å². The normalized spacial score (nSPS) is 21.8. The van der Waals surface area contributed by atoms with E-state index < -0.39 is 0 Å². The molecule has 0 aromatic heterocycles. The molecule has 3 nitrogen and oxygen atoms in total. The van der Waals surface area contributed by atoms with E-state index in [1.54, 1.807) is 11.8 Å². The van der Waals surface area contributed by atoms with Crippen molar-refractivity contribution in [2.45, 2.75) is 36.1 Å². The molecule has 0 saturated heterocycles. The molecule has 3 rings (SSSR count). The number of aliphatic hydroxyl groups excluding tert-OH is 1. The summed E-state index contributed by atoms with van der Waals surface area (Å²) in [6.45, 7) is 0.538. The maximum atomic E-state index is 12.7. The Kier molecular flexibility index (Phi) is 3.80. The molecule has 2 aliphatic rings. The lowest BCUT2D eigenvalue weighted by Gasteiger charge is -2.38. The van der Waals surface area contributed by atoms with E-state index in [1.807, 2.05) is 17.0 Å². The molecule has 1 aliphatic carbocycles. The molecule has 1 heterocycles. The SMILES string of the molecule is O=C(C1CSc2ccccc21)N(CCO)C1CCC1. The summed E-state index contributed by atoms with van der Waals surface area (Å²) in [5, 5.41) is 9.19. The minimum absolute atomic E-state index is 0.0200. The van der Waals surface area contributed by atoms with Crippen molar-refractivity contribution in [3.05, 3.63) is 29.8 Å². The molecule has 1 N–H and O–H groups in total. The third-order valence-electron chi connectivity index (χ3n) is 4.14. The molecule has 1 unspecified atom stereocenters. The van der Waals surface area contributed by atoms with E-state index in [2.05, 4.69) is 12.1 Å². The zero-order valence-electron chi connectivity index (χ0n) is 10.9. The van der Waals surface area contributed by atoms with Crippen molar-refractivity contribution in [3.8, 4) is 0 Å². The number of rotatable bonds is 4. The van der Waals surface area contributed by atoms with Gasteiger partial charge in [-0.3, -0.25) is 4.79 Å². The van der Waals surface area contributed by atoms with Gasteiger partial charge >= 0.3 is 0 Å². The first kappa shape index (κ1) is 13.0. The molecule has 0 bridgehead atoms. The van der Waals surface area contributed by atoms with E-state index in [0.717, 1.165) is 18.6 Å². The molecule has 1 atom stereocenters. The Labute approximate surface area is 118 Å². The van der Waals surface area contributed by atoms with Crippen LogP contribution in [0.3, 0.4) is 0 Å². The highest BCUT2D eigenvalue weighted by molar-refractivity contribution is 7.99. The van der Waals surface area contributed by atoms with Crippen molar-refractivity contribution in [2.75, 3.05) is 18.9 Å². The Morgan fingerprint density at radius 3 is 2.84 bits per heavy atom. The van der Waals surface area contributed by atoms with Crippen LogP contribution in [-0.4, -0.2) is 40.9 Å². The number of hydrogen-bond donors (Lipinski definition) is 1. The number of carbonyl (C=O) groups is 1. The first-order chi connectivity index (χ1) is 9.31. The monoisotopic (exact) mass is 277 g/mol. The molecule has 1 amide bonds. The van der Waals surface area contributed by atoms with Crippen LogP contribution in [0.15, 0.2) is 29.2 Å². The van der Waals surface area contributed by atoms with Gasteiger partial charge in [0.1, 0.15) is 0 Å². The Hall–Kier alpha value is -1.00. The summed E-state index contributed by atoms with van der Waals surface area (Å²) in [6, 6.07) is 8.54. The predicted octanol–water partition coefficient (Wildman–Crippen LogP) is 2.25. The topological polar surface area (TPSA) is 40.5 Å². The van der Waals surface area contributed by atoms with Crippen molar-refractivity contribution in [2.24, 2.45) is 0 Å². The fourth-order valence-electron chi connectivity index (χ4n) is 2.85. The number of thioether (sulfide) groups is 1. The smallest absolute Gasteiger partial charge is 0.231 e. The fourth-order valence-corrected chi connectivity index (χ4v) is 4.07. The lowest BCUT2D eigenvalue weighted by Crippen LogP contribution is -2.47. The predicted molar refractivity (Wildman–Crippen MR) is 76.3 cm³/mol. The molecular formula is C15H19NO2S. The average Bonchev–Trinajstić information content (AvgIpc) is 2.79. The number of aliphatic hydroxyl groups is 1. The van der Waals surface area contributed by atoms with Gasteiger partial charge < -0.3 is 10.0 Å². The number of hydrogen-bond acceptors (Lipinski definition) is 3. The van der Waals surface area contributed by atoms with Gasteiger partial charge in [-0.2, -0.15) is 0 Å². The van der Waals surface area contributed by atoms with Crippen molar-refractivity contribution < 1.29 is 9.90 Å². The third kappa shape index (κ3) is 2.39. The first-order valence-electron chi connectivity index (χ1n) is 6.94. The molecule has 1 aliphatic heterocycles. The molecule has 1 aromatic carbocycles. The van der Waals surface area contributed by atoms with Gasteiger partial charge in [0.15, 0.2) is 0 Å². The summed E-state index contributed by atoms with van der Waals surface area (Å²) in [7, 11) is 0. The standard InChI is InChI=1S/C15H19NO2S/c17-9-8-16(11-4-3-5-11)15(18)13-10-19-14-7-2-1-6-12(13)14/h1-2,6-7,11,13,17H,3-5,8-10H2. The molecule has 1 saturated carbocycles. The van der Waals surface area contributed by atoms with Gasteiger partial charge in [0.2, 0.25) is 5.91 Å². The van der Waals surface area contributed by atoms with Crippen LogP contribution in [0.25, 0.3) is 0 Å². The van der Waals surface area contributed by atoms with Gasteiger partial charge in [-0.1, -0.05) is 18.2 Å². The highest BCUT2D eigenvalue weighted by Gasteiger charge is 2.36. The molecule has 19 heavy (non-hydrogen) atoms. The summed E-state index contributed by atoms with van der Waals surface area (Å²) in [4.78, 5) is 15.9. The highest BCUT2D eigenvalue weighted by Crippen LogP contribution is 2.41. The zero-order chi connectivity index (χ0) is 13.2. The van der Waals surface area contributed by atoms with Gasteiger partial charge in [-0.15, -0.1) is 11.8 Å². The van der Waals surface area contributed by atoms with Gasteiger partial charge in [0.05, 0.1) is 12.5 Å². The Balaban J connectivity index is 1.79. The molecule has 1 aromatic rings. The molecule has 4 heteroatoms. The van der Waals surface area contributed by atoms with E-state index >= 15 is 0 Å². The van der Waals surface area contributed by atoms with Crippen LogP contribution in [0.1, 0.15) is 30.7 Å². The summed E-state index contributed by atoms with van der Waals surface area (Å²) in [5.41, 5.74) is 1.17. The van der Waals surface area contributed by atoms with E-state index in [-0.39, 0.29) is 18.4 Å². The quantitative estimate of drug-likeness (QED) is 0.917. The van der Waals surface area contributed by atoms with E-state index in [0.29, 0.717) is 12.6 Å². The second-order valence-electron chi connectivity index (χ2n) is 5.24. The van der Waals surface area contributed by atoms with Gasteiger partial charge in [-0.05, 0) is 30.9 Å². The second-order valence-corrected chi connectivity index (χ2v) is 6.30. The summed E-state index contributed by atoms with van der Waals surface area (Å²) in [6.07, 6.45) is 3.39. The maximum Gasteiger partial charge on any atom is 0.231 e. The van der Waals surface area contributed by atoms with Crippen LogP contribution >= 0.6 is 11.8 Å². The Morgan fingerprint density at radius 1 is 1.37 bits per heavy atom. The van der Waals surface area contributed by atoms with Crippen LogP contribution < -0.4 is 0 Å². The maximum absolute atomic E-state index is 12.7. The summed E-state index contributed by atoms with van der Waals surface area (Å²) >= 11 is 1.77. The van der Waals surface area contributed by atoms with Crippen LogP contribution in [0, 0.1) is 0 Å². The molecule has 0 radical (unpaired) electrons. The number of nitrogens with zero attached hydrogens (tertiary/aromatic N) is 1. The number of carbonyl (C=O) groups excluding carboxylic acids is 1. The first-order valence-corrected chi connectivity index (χ1v) is 7.93. The van der Waals surface area contributed by atoms with Crippen LogP contribution in [0.2, 0.25) is 0 Å².